The standard InChI is InChI=1S/C22H27N2O3P2S2/c1-6-22(4,28-30)27-20-11-7-17(8-12-20)15-23-24(5)29(31)21(2,3)26-19-13-9-18(16-25)10-14-19/h7-16H,6H2,1-5H3/q+1/b23-15+. The quantitative estimate of drug-likeness (QED) is 0.157. The zero-order valence-electron chi connectivity index (χ0n) is 18.3. The fraction of sp³-hybridized carbons (Fsp3) is 0.364. The Morgan fingerprint density at radius 1 is 1.03 bits per heavy atom. The fourth-order valence-corrected chi connectivity index (χ4v) is 4.55. The number of nitrogens with zero attached hydrogens (tertiary/aromatic N) is 2. The summed E-state index contributed by atoms with van der Waals surface area (Å²) in [6.07, 6.45) is 3.41. The van der Waals surface area contributed by atoms with Crippen LogP contribution < -0.4 is 9.47 Å². The van der Waals surface area contributed by atoms with Crippen LogP contribution >= 0.6 is 14.2 Å². The highest BCUT2D eigenvalue weighted by molar-refractivity contribution is 8.04. The Bertz CT molecular complexity index is 950. The first-order valence-corrected chi connectivity index (χ1v) is 14.0. The maximum atomic E-state index is 10.8. The van der Waals surface area contributed by atoms with E-state index in [-0.39, 0.29) is 5.34 Å². The zero-order valence-corrected chi connectivity index (χ0v) is 21.7. The van der Waals surface area contributed by atoms with Crippen LogP contribution in [0.2, 0.25) is 0 Å². The lowest BCUT2D eigenvalue weighted by Crippen LogP contribution is -2.27. The zero-order chi connectivity index (χ0) is 23.1. The van der Waals surface area contributed by atoms with Gasteiger partial charge in [0.05, 0.1) is 13.3 Å². The van der Waals surface area contributed by atoms with Crippen molar-refractivity contribution in [1.29, 1.82) is 0 Å². The van der Waals surface area contributed by atoms with E-state index in [1.807, 2.05) is 52.1 Å². The van der Waals surface area contributed by atoms with Gasteiger partial charge in [-0.3, -0.25) is 4.79 Å². The number of aldehydes is 1. The molecular weight excluding hydrogens is 466 g/mol. The van der Waals surface area contributed by atoms with Crippen LogP contribution in [0.15, 0.2) is 53.6 Å². The van der Waals surface area contributed by atoms with Gasteiger partial charge in [-0.1, -0.05) is 18.7 Å². The second kappa shape index (κ2) is 11.2. The number of carbonyl (C=O) groups excluding carboxylic acids is 1. The second-order valence-corrected chi connectivity index (χ2v) is 12.4. The number of hydrogen-bond acceptors (Lipinski definition) is 6. The number of benzene rings is 2. The molecule has 164 valence electrons. The lowest BCUT2D eigenvalue weighted by molar-refractivity contribution is 0.112. The van der Waals surface area contributed by atoms with Crippen molar-refractivity contribution in [3.63, 3.8) is 0 Å². The predicted octanol–water partition coefficient (Wildman–Crippen LogP) is 6.35. The number of hydrazone groups is 1. The largest absolute Gasteiger partial charge is 0.478 e. The molecule has 0 aliphatic heterocycles. The number of carbonyl (C=O) groups is 1. The average molecular weight is 494 g/mol. The Morgan fingerprint density at radius 2 is 1.55 bits per heavy atom. The minimum atomic E-state index is -1.16. The van der Waals surface area contributed by atoms with Gasteiger partial charge in [-0.25, -0.2) is 0 Å². The average Bonchev–Trinajstić information content (AvgIpc) is 2.78. The first-order chi connectivity index (χ1) is 14.6. The lowest BCUT2D eigenvalue weighted by Gasteiger charge is -2.24. The molecule has 0 amide bonds. The van der Waals surface area contributed by atoms with Gasteiger partial charge in [0.2, 0.25) is 0 Å². The monoisotopic (exact) mass is 493 g/mol. The molecule has 5 nitrogen and oxygen atoms in total. The van der Waals surface area contributed by atoms with E-state index in [0.717, 1.165) is 31.4 Å². The number of hydrogen-bond donors (Lipinski definition) is 0. The van der Waals surface area contributed by atoms with Gasteiger partial charge in [0.1, 0.15) is 17.8 Å². The van der Waals surface area contributed by atoms with Crippen LogP contribution in [0.5, 0.6) is 11.5 Å². The molecule has 0 radical (unpaired) electrons. The maximum absolute atomic E-state index is 10.8. The molecule has 0 saturated heterocycles. The number of rotatable bonds is 11. The summed E-state index contributed by atoms with van der Waals surface area (Å²) in [7, 11) is 2.64. The summed E-state index contributed by atoms with van der Waals surface area (Å²) in [4.78, 5) is 10.8. The molecule has 2 rings (SSSR count). The minimum Gasteiger partial charge on any atom is -0.478 e. The molecule has 0 aliphatic rings. The maximum Gasteiger partial charge on any atom is 0.358 e. The van der Waals surface area contributed by atoms with Crippen LogP contribution in [0.3, 0.4) is 0 Å². The van der Waals surface area contributed by atoms with Crippen molar-refractivity contribution in [2.45, 2.75) is 44.8 Å². The highest BCUT2D eigenvalue weighted by Gasteiger charge is 2.41. The highest BCUT2D eigenvalue weighted by atomic mass is 32.4. The Balaban J connectivity index is 2.01. The van der Waals surface area contributed by atoms with Crippen molar-refractivity contribution in [1.82, 2.24) is 4.78 Å². The summed E-state index contributed by atoms with van der Waals surface area (Å²) in [5.41, 5.74) is 1.54. The lowest BCUT2D eigenvalue weighted by atomic mass is 10.2. The van der Waals surface area contributed by atoms with E-state index in [4.69, 9.17) is 33.1 Å². The van der Waals surface area contributed by atoms with Crippen molar-refractivity contribution < 1.29 is 14.3 Å². The molecule has 31 heavy (non-hydrogen) atoms. The van der Waals surface area contributed by atoms with Crippen LogP contribution in [0.4, 0.5) is 0 Å². The summed E-state index contributed by atoms with van der Waals surface area (Å²) in [6, 6.07) is 14.7. The van der Waals surface area contributed by atoms with Gasteiger partial charge in [-0.2, -0.15) is 0 Å². The van der Waals surface area contributed by atoms with Crippen LogP contribution in [-0.2, 0) is 23.6 Å². The molecule has 2 aromatic rings. The van der Waals surface area contributed by atoms with E-state index in [9.17, 15) is 4.79 Å². The predicted molar refractivity (Wildman–Crippen MR) is 136 cm³/mol. The molecule has 0 N–H and O–H groups in total. The normalized spacial score (nSPS) is 14.2. The third-order valence-electron chi connectivity index (χ3n) is 4.55. The van der Waals surface area contributed by atoms with E-state index in [0.29, 0.717) is 11.3 Å². The van der Waals surface area contributed by atoms with Gasteiger partial charge in [0, 0.05) is 26.8 Å². The summed E-state index contributed by atoms with van der Waals surface area (Å²) < 4.78 is 13.9. The molecule has 2 unspecified atom stereocenters. The third-order valence-corrected chi connectivity index (χ3v) is 10.2. The van der Waals surface area contributed by atoms with Gasteiger partial charge in [0.25, 0.3) is 5.34 Å². The second-order valence-electron chi connectivity index (χ2n) is 7.53. The topological polar surface area (TPSA) is 51.1 Å². The molecule has 0 aromatic heterocycles. The van der Waals surface area contributed by atoms with Gasteiger partial charge >= 0.3 is 6.85 Å². The Morgan fingerprint density at radius 3 is 2.03 bits per heavy atom. The summed E-state index contributed by atoms with van der Waals surface area (Å²) >= 11 is 10.9. The third kappa shape index (κ3) is 7.40. The fourth-order valence-electron chi connectivity index (χ4n) is 2.52. The Hall–Kier alpha value is -1.78. The van der Waals surface area contributed by atoms with Crippen LogP contribution in [0, 0.1) is 0 Å². The summed E-state index contributed by atoms with van der Waals surface area (Å²) in [6.45, 7) is 6.81. The van der Waals surface area contributed by atoms with E-state index in [1.54, 1.807) is 35.3 Å². The smallest absolute Gasteiger partial charge is 0.358 e. The summed E-state index contributed by atoms with van der Waals surface area (Å²) in [5.74, 6) is 1.45. The van der Waals surface area contributed by atoms with Crippen molar-refractivity contribution >= 4 is 50.3 Å². The summed E-state index contributed by atoms with van der Waals surface area (Å²) in [5, 5.41) is 3.54. The molecule has 2 atom stereocenters. The molecule has 0 bridgehead atoms. The van der Waals surface area contributed by atoms with Gasteiger partial charge < -0.3 is 9.47 Å². The van der Waals surface area contributed by atoms with E-state index < -0.39 is 12.2 Å². The Kier molecular flexibility index (Phi) is 9.20. The molecule has 2 aromatic carbocycles. The molecule has 0 heterocycles. The van der Waals surface area contributed by atoms with Crippen LogP contribution in [0.25, 0.3) is 0 Å². The molecule has 0 saturated carbocycles. The van der Waals surface area contributed by atoms with Crippen molar-refractivity contribution in [3.8, 4) is 11.5 Å². The van der Waals surface area contributed by atoms with Gasteiger partial charge in [0.15, 0.2) is 17.1 Å². The molecule has 0 aliphatic carbocycles. The SMILES string of the molecule is CCC(C)(Oc1ccc(/C=N/N(C)[P+](=S)C(C)(C)Oc2ccc(C=O)cc2)cc1)P=S. The van der Waals surface area contributed by atoms with E-state index in [2.05, 4.69) is 12.0 Å². The van der Waals surface area contributed by atoms with Crippen LogP contribution in [-0.4, -0.2) is 35.0 Å². The van der Waals surface area contributed by atoms with Crippen molar-refractivity contribution in [2.75, 3.05) is 7.05 Å². The van der Waals surface area contributed by atoms with E-state index >= 15 is 0 Å². The van der Waals surface area contributed by atoms with E-state index in [1.165, 1.54) is 0 Å². The molecule has 9 heteroatoms. The molecular formula is C22H27N2O3P2S2+. The molecule has 0 fully saturated rings. The molecule has 0 spiro atoms. The van der Waals surface area contributed by atoms with Crippen molar-refractivity contribution in [3.05, 3.63) is 59.7 Å². The highest BCUT2D eigenvalue weighted by Crippen LogP contribution is 2.43. The first kappa shape index (κ1) is 25.5. The van der Waals surface area contributed by atoms with Gasteiger partial charge in [-0.15, -0.1) is 9.88 Å². The van der Waals surface area contributed by atoms with Crippen molar-refractivity contribution in [2.24, 2.45) is 5.10 Å². The minimum absolute atomic E-state index is 0.359. The van der Waals surface area contributed by atoms with Crippen LogP contribution in [0.1, 0.15) is 50.0 Å². The number of ether oxygens (including phenoxy) is 2. The van der Waals surface area contributed by atoms with Gasteiger partial charge in [-0.05, 0) is 67.4 Å². The first-order valence-electron chi connectivity index (χ1n) is 9.75. The Labute approximate surface area is 197 Å².